The number of carboxylic acid groups (broad SMARTS) is 1. The third-order valence-electron chi connectivity index (χ3n) is 3.81. The van der Waals surface area contributed by atoms with Gasteiger partial charge >= 0.3 is 5.97 Å². The summed E-state index contributed by atoms with van der Waals surface area (Å²) in [5, 5.41) is 19.8. The van der Waals surface area contributed by atoms with E-state index in [1.54, 1.807) is 19.1 Å². The molecule has 3 nitrogen and oxygen atoms in total. The van der Waals surface area contributed by atoms with Gasteiger partial charge in [0.05, 0.1) is 5.02 Å². The monoisotopic (exact) mass is 336 g/mol. The van der Waals surface area contributed by atoms with Gasteiger partial charge in [0.25, 0.3) is 0 Å². The summed E-state index contributed by atoms with van der Waals surface area (Å²) >= 11 is 5.84. The minimum absolute atomic E-state index is 0.0378. The molecule has 0 aliphatic carbocycles. The first kappa shape index (κ1) is 17.3. The van der Waals surface area contributed by atoms with Gasteiger partial charge in [-0.2, -0.15) is 0 Å². The molecule has 2 aromatic carbocycles. The van der Waals surface area contributed by atoms with Gasteiger partial charge < -0.3 is 10.2 Å². The number of carbonyl (C=O) groups is 1. The van der Waals surface area contributed by atoms with Gasteiger partial charge in [-0.3, -0.25) is 0 Å². The SMILES string of the molecule is Cc1c(-c2ccc(F)c(Cl)c2)cc(C(C)(C)C)c(O)c1C(=O)O. The van der Waals surface area contributed by atoms with Gasteiger partial charge in [0.15, 0.2) is 0 Å². The van der Waals surface area contributed by atoms with Crippen molar-refractivity contribution in [1.82, 2.24) is 0 Å². The Bertz CT molecular complexity index is 792. The molecule has 0 saturated heterocycles. The van der Waals surface area contributed by atoms with E-state index in [1.165, 1.54) is 12.1 Å². The van der Waals surface area contributed by atoms with Crippen LogP contribution in [0.15, 0.2) is 24.3 Å². The number of rotatable bonds is 2. The summed E-state index contributed by atoms with van der Waals surface area (Å²) in [7, 11) is 0. The van der Waals surface area contributed by atoms with Crippen molar-refractivity contribution in [2.75, 3.05) is 0 Å². The summed E-state index contributed by atoms with van der Waals surface area (Å²) in [6.07, 6.45) is 0. The van der Waals surface area contributed by atoms with Crippen LogP contribution in [0.4, 0.5) is 4.39 Å². The molecule has 2 rings (SSSR count). The fourth-order valence-corrected chi connectivity index (χ4v) is 2.75. The van der Waals surface area contributed by atoms with Crippen molar-refractivity contribution < 1.29 is 19.4 Å². The third-order valence-corrected chi connectivity index (χ3v) is 4.10. The quantitative estimate of drug-likeness (QED) is 0.796. The smallest absolute Gasteiger partial charge is 0.339 e. The molecule has 2 aromatic rings. The van der Waals surface area contributed by atoms with E-state index < -0.39 is 17.2 Å². The molecular weight excluding hydrogens is 319 g/mol. The normalized spacial score (nSPS) is 11.6. The van der Waals surface area contributed by atoms with E-state index in [0.717, 1.165) is 0 Å². The molecule has 0 radical (unpaired) electrons. The van der Waals surface area contributed by atoms with E-state index in [1.807, 2.05) is 20.8 Å². The Morgan fingerprint density at radius 3 is 2.30 bits per heavy atom. The number of aromatic hydroxyl groups is 1. The van der Waals surface area contributed by atoms with E-state index in [0.29, 0.717) is 22.3 Å². The highest BCUT2D eigenvalue weighted by atomic mass is 35.5. The second-order valence-electron chi connectivity index (χ2n) is 6.50. The molecule has 0 aliphatic heterocycles. The molecule has 122 valence electrons. The van der Waals surface area contributed by atoms with Gasteiger partial charge in [-0.25, -0.2) is 9.18 Å². The van der Waals surface area contributed by atoms with Crippen LogP contribution >= 0.6 is 11.6 Å². The zero-order chi connectivity index (χ0) is 17.5. The number of phenols is 1. The van der Waals surface area contributed by atoms with Crippen molar-refractivity contribution in [1.29, 1.82) is 0 Å². The van der Waals surface area contributed by atoms with Crippen molar-refractivity contribution in [3.05, 3.63) is 51.8 Å². The van der Waals surface area contributed by atoms with E-state index >= 15 is 0 Å². The molecule has 0 aromatic heterocycles. The van der Waals surface area contributed by atoms with Gasteiger partial charge in [0, 0.05) is 5.56 Å². The van der Waals surface area contributed by atoms with Crippen LogP contribution in [0.1, 0.15) is 42.3 Å². The van der Waals surface area contributed by atoms with E-state index in [4.69, 9.17) is 11.6 Å². The topological polar surface area (TPSA) is 57.5 Å². The average molecular weight is 337 g/mol. The minimum Gasteiger partial charge on any atom is -0.507 e. The summed E-state index contributed by atoms with van der Waals surface area (Å²) in [5.74, 6) is -1.98. The number of hydrogen-bond donors (Lipinski definition) is 2. The van der Waals surface area contributed by atoms with Crippen LogP contribution in [0.2, 0.25) is 5.02 Å². The maximum absolute atomic E-state index is 13.4. The van der Waals surface area contributed by atoms with E-state index in [2.05, 4.69) is 0 Å². The Labute approximate surface area is 139 Å². The van der Waals surface area contributed by atoms with Crippen LogP contribution in [-0.2, 0) is 5.41 Å². The molecule has 0 atom stereocenters. The second kappa shape index (κ2) is 5.85. The Morgan fingerprint density at radius 1 is 1.22 bits per heavy atom. The zero-order valence-electron chi connectivity index (χ0n) is 13.4. The van der Waals surface area contributed by atoms with Crippen molar-refractivity contribution in [3.8, 4) is 16.9 Å². The van der Waals surface area contributed by atoms with E-state index in [-0.39, 0.29) is 16.3 Å². The predicted octanol–water partition coefficient (Wildman–Crippen LogP) is 5.16. The van der Waals surface area contributed by atoms with Crippen LogP contribution in [-0.4, -0.2) is 16.2 Å². The summed E-state index contributed by atoms with van der Waals surface area (Å²) in [5.41, 5.74) is 1.52. The lowest BCUT2D eigenvalue weighted by molar-refractivity contribution is 0.0692. The maximum Gasteiger partial charge on any atom is 0.339 e. The molecule has 0 heterocycles. The van der Waals surface area contributed by atoms with Crippen LogP contribution < -0.4 is 0 Å². The van der Waals surface area contributed by atoms with Crippen molar-refractivity contribution in [3.63, 3.8) is 0 Å². The van der Waals surface area contributed by atoms with Crippen molar-refractivity contribution in [2.45, 2.75) is 33.1 Å². The molecule has 0 bridgehead atoms. The molecule has 0 amide bonds. The van der Waals surface area contributed by atoms with Crippen LogP contribution in [0.3, 0.4) is 0 Å². The number of halogens is 2. The molecule has 0 saturated carbocycles. The summed E-state index contributed by atoms with van der Waals surface area (Å²) in [4.78, 5) is 11.6. The molecule has 0 fully saturated rings. The van der Waals surface area contributed by atoms with Gasteiger partial charge in [-0.1, -0.05) is 38.4 Å². The lowest BCUT2D eigenvalue weighted by Crippen LogP contribution is -2.15. The number of benzene rings is 2. The Kier molecular flexibility index (Phi) is 4.40. The number of aromatic carboxylic acids is 1. The zero-order valence-corrected chi connectivity index (χ0v) is 14.1. The Balaban J connectivity index is 2.85. The highest BCUT2D eigenvalue weighted by Crippen LogP contribution is 2.40. The fraction of sp³-hybridized carbons (Fsp3) is 0.278. The second-order valence-corrected chi connectivity index (χ2v) is 6.91. The van der Waals surface area contributed by atoms with Crippen molar-refractivity contribution >= 4 is 17.6 Å². The van der Waals surface area contributed by atoms with Gasteiger partial charge in [-0.15, -0.1) is 0 Å². The first-order valence-electron chi connectivity index (χ1n) is 7.09. The molecule has 23 heavy (non-hydrogen) atoms. The maximum atomic E-state index is 13.4. The predicted molar refractivity (Wildman–Crippen MR) is 88.9 cm³/mol. The Hall–Kier alpha value is -2.07. The Morgan fingerprint density at radius 2 is 1.83 bits per heavy atom. The summed E-state index contributed by atoms with van der Waals surface area (Å²) in [6.45, 7) is 7.25. The molecule has 0 spiro atoms. The van der Waals surface area contributed by atoms with Gasteiger partial charge in [0.1, 0.15) is 17.1 Å². The van der Waals surface area contributed by atoms with E-state index in [9.17, 15) is 19.4 Å². The number of hydrogen-bond acceptors (Lipinski definition) is 2. The molecular formula is C18H18ClFO3. The van der Waals surface area contributed by atoms with Crippen LogP contribution in [0, 0.1) is 12.7 Å². The van der Waals surface area contributed by atoms with Gasteiger partial charge in [-0.05, 0) is 47.2 Å². The lowest BCUT2D eigenvalue weighted by Gasteiger charge is -2.24. The standard InChI is InChI=1S/C18H18ClFO3/c1-9-11(10-5-6-14(20)13(19)7-10)8-12(18(2,3)4)16(21)15(9)17(22)23/h5-8,21H,1-4H3,(H,22,23). The number of carboxylic acids is 1. The van der Waals surface area contributed by atoms with Crippen LogP contribution in [0.25, 0.3) is 11.1 Å². The molecule has 0 aliphatic rings. The lowest BCUT2D eigenvalue weighted by atomic mass is 9.81. The van der Waals surface area contributed by atoms with Crippen molar-refractivity contribution in [2.24, 2.45) is 0 Å². The fourth-order valence-electron chi connectivity index (χ4n) is 2.56. The molecule has 0 unspecified atom stereocenters. The summed E-state index contributed by atoms with van der Waals surface area (Å²) < 4.78 is 13.4. The van der Waals surface area contributed by atoms with Crippen LogP contribution in [0.5, 0.6) is 5.75 Å². The highest BCUT2D eigenvalue weighted by Gasteiger charge is 2.27. The largest absolute Gasteiger partial charge is 0.507 e. The third kappa shape index (κ3) is 3.17. The highest BCUT2D eigenvalue weighted by molar-refractivity contribution is 6.31. The first-order chi connectivity index (χ1) is 10.5. The molecule has 5 heteroatoms. The summed E-state index contributed by atoms with van der Waals surface area (Å²) in [6, 6.07) is 5.97. The first-order valence-corrected chi connectivity index (χ1v) is 7.47. The average Bonchev–Trinajstić information content (AvgIpc) is 2.40. The van der Waals surface area contributed by atoms with Gasteiger partial charge in [0.2, 0.25) is 0 Å². The molecule has 2 N–H and O–H groups in total. The minimum atomic E-state index is -1.21.